The number of carbonyl (C=O) groups excluding carboxylic acids is 1. The Kier molecular flexibility index (Phi) is 17.4. The Labute approximate surface area is 242 Å². The lowest BCUT2D eigenvalue weighted by molar-refractivity contribution is -0.141. The highest BCUT2D eigenvalue weighted by Crippen LogP contribution is 2.22. The van der Waals surface area contributed by atoms with Gasteiger partial charge in [-0.2, -0.15) is 0 Å². The molecule has 216 valence electrons. The Bertz CT molecular complexity index is 1130. The molecule has 40 heavy (non-hydrogen) atoms. The van der Waals surface area contributed by atoms with E-state index in [2.05, 4.69) is 59.8 Å². The highest BCUT2D eigenvalue weighted by Gasteiger charge is 2.17. The maximum atomic E-state index is 11.6. The van der Waals surface area contributed by atoms with Crippen LogP contribution in [0.4, 0.5) is 0 Å². The number of rotatable bonds is 14. The SMILES string of the molecule is CC(C)=CCC/C(C)=C/CC(C(=O)O)c1ccccc1.CC(C)=CCC/C(C)=C/COC(=O)Cc1ccccc1. The summed E-state index contributed by atoms with van der Waals surface area (Å²) in [7, 11) is 0. The van der Waals surface area contributed by atoms with Gasteiger partial charge in [0.2, 0.25) is 0 Å². The highest BCUT2D eigenvalue weighted by atomic mass is 16.5. The van der Waals surface area contributed by atoms with Crippen molar-refractivity contribution in [3.63, 3.8) is 0 Å². The summed E-state index contributed by atoms with van der Waals surface area (Å²) in [6.07, 6.45) is 13.4. The van der Waals surface area contributed by atoms with Gasteiger partial charge in [0, 0.05) is 0 Å². The van der Waals surface area contributed by atoms with Gasteiger partial charge in [-0.1, -0.05) is 101 Å². The zero-order valence-corrected chi connectivity index (χ0v) is 25.3. The molecule has 0 radical (unpaired) electrons. The van der Waals surface area contributed by atoms with Gasteiger partial charge in [-0.25, -0.2) is 0 Å². The molecule has 0 aliphatic rings. The molecule has 4 nitrogen and oxygen atoms in total. The molecule has 4 heteroatoms. The van der Waals surface area contributed by atoms with Gasteiger partial charge in [0.1, 0.15) is 6.61 Å². The average molecular weight is 545 g/mol. The molecule has 0 fully saturated rings. The number of ether oxygens (including phenoxy) is 1. The maximum Gasteiger partial charge on any atom is 0.311 e. The molecule has 1 N–H and O–H groups in total. The van der Waals surface area contributed by atoms with Crippen molar-refractivity contribution in [3.8, 4) is 0 Å². The Balaban J connectivity index is 0.000000400. The van der Waals surface area contributed by atoms with E-state index in [4.69, 9.17) is 4.74 Å². The van der Waals surface area contributed by atoms with Crippen LogP contribution in [0.1, 0.15) is 90.7 Å². The molecule has 0 spiro atoms. The standard InChI is InChI=1S/2C18H24O2/c1-15(2)8-7-9-16(3)12-13-20-18(19)14-17-10-5-4-6-11-17;1-14(2)8-7-9-15(3)12-13-17(18(19)20)16-10-5-4-6-11-16/h4-6,8,10-12H,7,9,13-14H2,1-3H3;4-6,8,10-12,17H,7,9,13H2,1-3H3,(H,19,20)/b16-12+;15-12+. The summed E-state index contributed by atoms with van der Waals surface area (Å²) in [6.45, 7) is 12.9. The predicted octanol–water partition coefficient (Wildman–Crippen LogP) is 9.40. The van der Waals surface area contributed by atoms with E-state index in [-0.39, 0.29) is 5.97 Å². The minimum Gasteiger partial charge on any atom is -0.481 e. The Hall–Kier alpha value is -3.66. The number of benzene rings is 2. The lowest BCUT2D eigenvalue weighted by Crippen LogP contribution is -2.10. The molecule has 0 bridgehead atoms. The van der Waals surface area contributed by atoms with Crippen LogP contribution < -0.4 is 0 Å². The van der Waals surface area contributed by atoms with Crippen molar-refractivity contribution >= 4 is 11.9 Å². The predicted molar refractivity (Wildman–Crippen MR) is 167 cm³/mol. The van der Waals surface area contributed by atoms with Gasteiger partial charge in [-0.15, -0.1) is 0 Å². The molecule has 0 heterocycles. The van der Waals surface area contributed by atoms with Crippen LogP contribution in [-0.2, 0) is 20.7 Å². The van der Waals surface area contributed by atoms with Crippen molar-refractivity contribution in [2.75, 3.05) is 6.61 Å². The first-order valence-electron chi connectivity index (χ1n) is 14.1. The number of carboxylic acid groups (broad SMARTS) is 1. The summed E-state index contributed by atoms with van der Waals surface area (Å²) in [5, 5.41) is 9.35. The topological polar surface area (TPSA) is 63.6 Å². The van der Waals surface area contributed by atoms with E-state index < -0.39 is 11.9 Å². The van der Waals surface area contributed by atoms with Gasteiger partial charge in [-0.3, -0.25) is 9.59 Å². The summed E-state index contributed by atoms with van der Waals surface area (Å²) >= 11 is 0. The smallest absolute Gasteiger partial charge is 0.311 e. The molecule has 2 rings (SSSR count). The van der Waals surface area contributed by atoms with Crippen LogP contribution in [0.5, 0.6) is 0 Å². The van der Waals surface area contributed by atoms with Crippen molar-refractivity contribution in [2.24, 2.45) is 0 Å². The molecule has 0 aromatic heterocycles. The summed E-state index contributed by atoms with van der Waals surface area (Å²) in [5.41, 5.74) is 7.03. The number of hydrogen-bond acceptors (Lipinski definition) is 3. The average Bonchev–Trinajstić information content (AvgIpc) is 2.90. The fourth-order valence-electron chi connectivity index (χ4n) is 3.86. The fraction of sp³-hybridized carbons (Fsp3) is 0.389. The summed E-state index contributed by atoms with van der Waals surface area (Å²) < 4.78 is 5.21. The highest BCUT2D eigenvalue weighted by molar-refractivity contribution is 5.76. The Morgan fingerprint density at radius 2 is 1.23 bits per heavy atom. The third kappa shape index (κ3) is 17.0. The molecule has 0 aliphatic carbocycles. The molecule has 2 aromatic rings. The zero-order valence-electron chi connectivity index (χ0n) is 25.3. The van der Waals surface area contributed by atoms with Gasteiger partial charge in [0.25, 0.3) is 0 Å². The largest absolute Gasteiger partial charge is 0.481 e. The van der Waals surface area contributed by atoms with E-state index in [1.165, 1.54) is 22.3 Å². The lowest BCUT2D eigenvalue weighted by Gasteiger charge is -2.11. The van der Waals surface area contributed by atoms with Crippen molar-refractivity contribution in [2.45, 2.75) is 86.0 Å². The zero-order chi connectivity index (χ0) is 29.8. The maximum absolute atomic E-state index is 11.6. The molecule has 0 saturated carbocycles. The van der Waals surface area contributed by atoms with Crippen molar-refractivity contribution in [3.05, 3.63) is 118 Å². The number of carbonyl (C=O) groups is 2. The lowest BCUT2D eigenvalue weighted by atomic mass is 9.94. The summed E-state index contributed by atoms with van der Waals surface area (Å²) in [5.74, 6) is -1.39. The van der Waals surface area contributed by atoms with Crippen LogP contribution >= 0.6 is 0 Å². The third-order valence-electron chi connectivity index (χ3n) is 6.25. The number of allylic oxidation sites excluding steroid dienone is 7. The molecule has 0 saturated heterocycles. The van der Waals surface area contributed by atoms with Crippen LogP contribution in [0.15, 0.2) is 107 Å². The van der Waals surface area contributed by atoms with Gasteiger partial charge in [-0.05, 0) is 90.8 Å². The Morgan fingerprint density at radius 3 is 1.73 bits per heavy atom. The number of carboxylic acids is 1. The molecule has 1 atom stereocenters. The van der Waals surface area contributed by atoms with Crippen molar-refractivity contribution in [1.29, 1.82) is 0 Å². The van der Waals surface area contributed by atoms with Crippen molar-refractivity contribution < 1.29 is 19.4 Å². The fourth-order valence-corrected chi connectivity index (χ4v) is 3.86. The van der Waals surface area contributed by atoms with E-state index in [9.17, 15) is 14.7 Å². The van der Waals surface area contributed by atoms with Gasteiger partial charge >= 0.3 is 11.9 Å². The van der Waals surface area contributed by atoms with Crippen LogP contribution in [0.2, 0.25) is 0 Å². The van der Waals surface area contributed by atoms with Gasteiger partial charge in [0.15, 0.2) is 0 Å². The van der Waals surface area contributed by atoms with E-state index in [1.807, 2.05) is 66.7 Å². The molecular weight excluding hydrogens is 496 g/mol. The second-order valence-electron chi connectivity index (χ2n) is 10.6. The van der Waals surface area contributed by atoms with Crippen LogP contribution in [-0.4, -0.2) is 23.7 Å². The van der Waals surface area contributed by atoms with E-state index >= 15 is 0 Å². The van der Waals surface area contributed by atoms with Crippen LogP contribution in [0, 0.1) is 0 Å². The number of aliphatic carboxylic acids is 1. The number of hydrogen-bond donors (Lipinski definition) is 1. The second-order valence-corrected chi connectivity index (χ2v) is 10.6. The first kappa shape index (κ1) is 34.4. The normalized spacial score (nSPS) is 11.9. The van der Waals surface area contributed by atoms with E-state index in [1.54, 1.807) is 0 Å². The molecule has 0 amide bonds. The van der Waals surface area contributed by atoms with Crippen LogP contribution in [0.25, 0.3) is 0 Å². The minimum atomic E-state index is -0.760. The Morgan fingerprint density at radius 1 is 0.725 bits per heavy atom. The van der Waals surface area contributed by atoms with Gasteiger partial charge < -0.3 is 9.84 Å². The van der Waals surface area contributed by atoms with E-state index in [0.29, 0.717) is 19.4 Å². The summed E-state index contributed by atoms with van der Waals surface area (Å²) in [4.78, 5) is 23.0. The van der Waals surface area contributed by atoms with E-state index in [0.717, 1.165) is 36.8 Å². The monoisotopic (exact) mass is 544 g/mol. The van der Waals surface area contributed by atoms with Gasteiger partial charge in [0.05, 0.1) is 12.3 Å². The first-order valence-corrected chi connectivity index (χ1v) is 14.1. The molecule has 2 aromatic carbocycles. The molecule has 0 aliphatic heterocycles. The minimum absolute atomic E-state index is 0.176. The second kappa shape index (κ2) is 20.3. The molecular formula is C36H48O4. The van der Waals surface area contributed by atoms with Crippen LogP contribution in [0.3, 0.4) is 0 Å². The number of esters is 1. The summed E-state index contributed by atoms with van der Waals surface area (Å²) in [6, 6.07) is 19.1. The quantitative estimate of drug-likeness (QED) is 0.190. The third-order valence-corrected chi connectivity index (χ3v) is 6.25. The van der Waals surface area contributed by atoms with Crippen molar-refractivity contribution in [1.82, 2.24) is 0 Å². The first-order chi connectivity index (χ1) is 19.1. The molecule has 1 unspecified atom stereocenters.